The van der Waals surface area contributed by atoms with Gasteiger partial charge in [0.1, 0.15) is 5.03 Å². The van der Waals surface area contributed by atoms with Crippen LogP contribution in [0.25, 0.3) is 0 Å². The van der Waals surface area contributed by atoms with Crippen LogP contribution in [0.2, 0.25) is 0 Å². The van der Waals surface area contributed by atoms with E-state index in [1.807, 2.05) is 13.8 Å². The third kappa shape index (κ3) is 6.56. The first-order valence-electron chi connectivity index (χ1n) is 8.58. The Kier molecular flexibility index (Phi) is 7.45. The summed E-state index contributed by atoms with van der Waals surface area (Å²) in [7, 11) is 0. The summed E-state index contributed by atoms with van der Waals surface area (Å²) in [5.74, 6) is -0.889. The summed E-state index contributed by atoms with van der Waals surface area (Å²) >= 11 is -0.428. The van der Waals surface area contributed by atoms with Crippen molar-refractivity contribution < 1.29 is 22.8 Å². The van der Waals surface area contributed by atoms with Crippen LogP contribution >= 0.6 is 11.8 Å². The first-order chi connectivity index (χ1) is 13.2. The number of hydrogen-bond acceptors (Lipinski definition) is 4. The molecule has 1 unspecified atom stereocenters. The standard InChI is InChI=1S/C19H20F3N3O2S/c1-3-12(2)16(26)25-14-7-4-6-13(10-14)11-24-17(27)15-8-5-9-23-18(15)28-19(20,21)22/h4-10,12H,3,11H2,1-2H3,(H,24,27)(H,25,26). The number of halogens is 3. The molecule has 0 saturated heterocycles. The highest BCUT2D eigenvalue weighted by Crippen LogP contribution is 2.37. The molecule has 5 nitrogen and oxygen atoms in total. The number of nitrogens with one attached hydrogen (secondary N) is 2. The van der Waals surface area contributed by atoms with Crippen molar-refractivity contribution in [1.82, 2.24) is 10.3 Å². The van der Waals surface area contributed by atoms with Crippen LogP contribution in [0.1, 0.15) is 36.2 Å². The first-order valence-corrected chi connectivity index (χ1v) is 9.40. The first kappa shape index (κ1) is 21.7. The van der Waals surface area contributed by atoms with Gasteiger partial charge in [-0.25, -0.2) is 4.98 Å². The molecule has 2 rings (SSSR count). The summed E-state index contributed by atoms with van der Waals surface area (Å²) in [6.45, 7) is 3.83. The number of carbonyl (C=O) groups excluding carboxylic acids is 2. The zero-order valence-corrected chi connectivity index (χ0v) is 16.2. The van der Waals surface area contributed by atoms with Gasteiger partial charge in [-0.05, 0) is 36.2 Å². The normalized spacial score (nSPS) is 12.3. The number of anilines is 1. The largest absolute Gasteiger partial charge is 0.447 e. The molecule has 28 heavy (non-hydrogen) atoms. The molecular formula is C19H20F3N3O2S. The van der Waals surface area contributed by atoms with E-state index in [1.165, 1.54) is 18.3 Å². The van der Waals surface area contributed by atoms with Crippen LogP contribution in [0, 0.1) is 5.92 Å². The topological polar surface area (TPSA) is 71.1 Å². The molecule has 2 aromatic rings. The van der Waals surface area contributed by atoms with Crippen molar-refractivity contribution in [3.63, 3.8) is 0 Å². The maximum atomic E-state index is 12.6. The number of pyridine rings is 1. The molecule has 1 aromatic heterocycles. The number of hydrogen-bond donors (Lipinski definition) is 2. The molecule has 0 spiro atoms. The van der Waals surface area contributed by atoms with Gasteiger partial charge in [0.25, 0.3) is 5.91 Å². The minimum atomic E-state index is -4.54. The summed E-state index contributed by atoms with van der Waals surface area (Å²) in [5, 5.41) is 4.98. The summed E-state index contributed by atoms with van der Waals surface area (Å²) in [6.07, 6.45) is 1.92. The van der Waals surface area contributed by atoms with Gasteiger partial charge in [0.15, 0.2) is 0 Å². The zero-order chi connectivity index (χ0) is 20.7. The predicted molar refractivity (Wildman–Crippen MR) is 102 cm³/mol. The molecule has 0 bridgehead atoms. The number of benzene rings is 1. The van der Waals surface area contributed by atoms with E-state index in [-0.39, 0.29) is 23.9 Å². The molecule has 2 N–H and O–H groups in total. The summed E-state index contributed by atoms with van der Waals surface area (Å²) in [6, 6.07) is 9.59. The van der Waals surface area contributed by atoms with E-state index in [4.69, 9.17) is 0 Å². The van der Waals surface area contributed by atoms with Crippen LogP contribution in [-0.2, 0) is 11.3 Å². The second-order valence-corrected chi connectivity index (χ2v) is 7.14. The number of thioether (sulfide) groups is 1. The number of amides is 2. The average Bonchev–Trinajstić information content (AvgIpc) is 2.65. The van der Waals surface area contributed by atoms with Gasteiger partial charge in [-0.15, -0.1) is 0 Å². The maximum absolute atomic E-state index is 12.6. The molecule has 0 aliphatic carbocycles. The zero-order valence-electron chi connectivity index (χ0n) is 15.3. The number of nitrogens with zero attached hydrogens (tertiary/aromatic N) is 1. The SMILES string of the molecule is CCC(C)C(=O)Nc1cccc(CNC(=O)c2cccnc2SC(F)(F)F)c1. The fraction of sp³-hybridized carbons (Fsp3) is 0.316. The lowest BCUT2D eigenvalue weighted by Crippen LogP contribution is -2.24. The maximum Gasteiger partial charge on any atom is 0.447 e. The minimum absolute atomic E-state index is 0.0941. The van der Waals surface area contributed by atoms with E-state index in [0.717, 1.165) is 0 Å². The fourth-order valence-electron chi connectivity index (χ4n) is 2.24. The van der Waals surface area contributed by atoms with Gasteiger partial charge in [-0.3, -0.25) is 9.59 Å². The van der Waals surface area contributed by atoms with Crippen LogP contribution in [-0.4, -0.2) is 22.3 Å². The lowest BCUT2D eigenvalue weighted by molar-refractivity contribution is -0.119. The Morgan fingerprint density at radius 3 is 2.64 bits per heavy atom. The van der Waals surface area contributed by atoms with E-state index in [0.29, 0.717) is 17.7 Å². The number of rotatable bonds is 7. The van der Waals surface area contributed by atoms with Crippen molar-refractivity contribution in [1.29, 1.82) is 0 Å². The van der Waals surface area contributed by atoms with Crippen molar-refractivity contribution in [3.8, 4) is 0 Å². The fourth-order valence-corrected chi connectivity index (χ4v) is 2.85. The molecule has 1 aromatic carbocycles. The molecule has 0 radical (unpaired) electrons. The van der Waals surface area contributed by atoms with Gasteiger partial charge in [0.2, 0.25) is 5.91 Å². The predicted octanol–water partition coefficient (Wildman–Crippen LogP) is 4.61. The Bertz CT molecular complexity index is 843. The van der Waals surface area contributed by atoms with Gasteiger partial charge in [0.05, 0.1) is 5.56 Å². The molecule has 1 heterocycles. The molecule has 150 valence electrons. The van der Waals surface area contributed by atoms with Gasteiger partial charge in [0, 0.05) is 36.1 Å². The van der Waals surface area contributed by atoms with Crippen LogP contribution in [0.5, 0.6) is 0 Å². The Morgan fingerprint density at radius 1 is 1.21 bits per heavy atom. The highest BCUT2D eigenvalue weighted by atomic mass is 32.2. The van der Waals surface area contributed by atoms with E-state index >= 15 is 0 Å². The molecule has 0 saturated carbocycles. The quantitative estimate of drug-likeness (QED) is 0.653. The number of carbonyl (C=O) groups is 2. The average molecular weight is 411 g/mol. The van der Waals surface area contributed by atoms with Crippen LogP contribution in [0.3, 0.4) is 0 Å². The van der Waals surface area contributed by atoms with Crippen LogP contribution in [0.15, 0.2) is 47.6 Å². The Labute approximate surface area is 165 Å². The molecule has 9 heteroatoms. The van der Waals surface area contributed by atoms with Crippen molar-refractivity contribution in [3.05, 3.63) is 53.7 Å². The van der Waals surface area contributed by atoms with Crippen molar-refractivity contribution in [2.45, 2.75) is 37.3 Å². The number of aromatic nitrogens is 1. The van der Waals surface area contributed by atoms with E-state index in [9.17, 15) is 22.8 Å². The highest BCUT2D eigenvalue weighted by molar-refractivity contribution is 8.00. The third-order valence-corrected chi connectivity index (χ3v) is 4.69. The van der Waals surface area contributed by atoms with Crippen molar-refractivity contribution in [2.24, 2.45) is 5.92 Å². The van der Waals surface area contributed by atoms with Gasteiger partial charge in [-0.1, -0.05) is 26.0 Å². The summed E-state index contributed by atoms with van der Waals surface area (Å²) < 4.78 is 37.9. The van der Waals surface area contributed by atoms with E-state index < -0.39 is 28.2 Å². The molecular weight excluding hydrogens is 391 g/mol. The van der Waals surface area contributed by atoms with Crippen LogP contribution < -0.4 is 10.6 Å². The second kappa shape index (κ2) is 9.59. The van der Waals surface area contributed by atoms with Gasteiger partial charge >= 0.3 is 5.51 Å². The van der Waals surface area contributed by atoms with Crippen molar-refractivity contribution in [2.75, 3.05) is 5.32 Å². The molecule has 0 aliphatic heterocycles. The molecule has 1 atom stereocenters. The lowest BCUT2D eigenvalue weighted by Gasteiger charge is -2.12. The summed E-state index contributed by atoms with van der Waals surface area (Å²) in [4.78, 5) is 27.9. The Hall–Kier alpha value is -2.55. The monoisotopic (exact) mass is 411 g/mol. The van der Waals surface area contributed by atoms with E-state index in [1.54, 1.807) is 24.3 Å². The Balaban J connectivity index is 2.04. The number of alkyl halides is 3. The van der Waals surface area contributed by atoms with Gasteiger partial charge < -0.3 is 10.6 Å². The van der Waals surface area contributed by atoms with Crippen molar-refractivity contribution >= 4 is 29.3 Å². The second-order valence-electron chi connectivity index (χ2n) is 6.09. The Morgan fingerprint density at radius 2 is 1.96 bits per heavy atom. The summed E-state index contributed by atoms with van der Waals surface area (Å²) in [5.41, 5.74) is -3.40. The lowest BCUT2D eigenvalue weighted by atomic mass is 10.1. The molecule has 2 amide bonds. The van der Waals surface area contributed by atoms with Gasteiger partial charge in [-0.2, -0.15) is 13.2 Å². The highest BCUT2D eigenvalue weighted by Gasteiger charge is 2.32. The molecule has 0 aliphatic rings. The molecule has 0 fully saturated rings. The van der Waals surface area contributed by atoms with E-state index in [2.05, 4.69) is 15.6 Å². The smallest absolute Gasteiger partial charge is 0.348 e. The minimum Gasteiger partial charge on any atom is -0.348 e. The van der Waals surface area contributed by atoms with Crippen LogP contribution in [0.4, 0.5) is 18.9 Å². The third-order valence-electron chi connectivity index (χ3n) is 3.94.